The zero-order chi connectivity index (χ0) is 16.4. The number of aromatic nitrogens is 1. The van der Waals surface area contributed by atoms with Gasteiger partial charge in [0, 0.05) is 11.1 Å². The van der Waals surface area contributed by atoms with Crippen LogP contribution in [0.4, 0.5) is 5.69 Å². The highest BCUT2D eigenvalue weighted by Gasteiger charge is 2.14. The summed E-state index contributed by atoms with van der Waals surface area (Å²) < 4.78 is 5.29. The molecule has 23 heavy (non-hydrogen) atoms. The molecule has 1 heterocycles. The normalized spacial score (nSPS) is 11.1. The number of benzene rings is 2. The van der Waals surface area contributed by atoms with Gasteiger partial charge in [0.2, 0.25) is 5.91 Å². The van der Waals surface area contributed by atoms with Crippen molar-refractivity contribution in [1.82, 2.24) is 5.16 Å². The molecule has 0 aliphatic heterocycles. The maximum Gasteiger partial charge on any atom is 0.230 e. The van der Waals surface area contributed by atoms with E-state index >= 15 is 0 Å². The number of nitrogens with one attached hydrogen (secondary N) is 1. The minimum atomic E-state index is -0.0881. The Hall–Kier alpha value is -2.62. The first-order valence-corrected chi connectivity index (χ1v) is 7.78. The van der Waals surface area contributed by atoms with Crippen LogP contribution in [0.15, 0.2) is 47.0 Å². The second-order valence-electron chi connectivity index (χ2n) is 6.10. The van der Waals surface area contributed by atoms with Crippen molar-refractivity contribution in [1.29, 1.82) is 0 Å². The molecule has 0 bridgehead atoms. The van der Waals surface area contributed by atoms with Gasteiger partial charge < -0.3 is 9.84 Å². The molecule has 1 N–H and O–H groups in total. The Morgan fingerprint density at radius 2 is 2.00 bits per heavy atom. The van der Waals surface area contributed by atoms with E-state index in [1.807, 2.05) is 49.4 Å². The number of hydrogen-bond donors (Lipinski definition) is 1. The highest BCUT2D eigenvalue weighted by atomic mass is 16.5. The molecule has 0 spiro atoms. The van der Waals surface area contributed by atoms with Gasteiger partial charge in [0.1, 0.15) is 5.69 Å². The van der Waals surface area contributed by atoms with Crippen LogP contribution in [0.3, 0.4) is 0 Å². The van der Waals surface area contributed by atoms with Crippen molar-refractivity contribution in [2.24, 2.45) is 0 Å². The van der Waals surface area contributed by atoms with E-state index in [-0.39, 0.29) is 12.3 Å². The summed E-state index contributed by atoms with van der Waals surface area (Å²) >= 11 is 0. The summed E-state index contributed by atoms with van der Waals surface area (Å²) in [6.07, 6.45) is 0.197. The standard InChI is InChI=1S/C19H20N2O2/c1-12(2)14-6-4-5-7-16(14)20-19(22)11-17-15-10-13(3)8-9-18(15)23-21-17/h4-10,12H,11H2,1-3H3,(H,20,22). The molecule has 3 rings (SSSR count). The highest BCUT2D eigenvalue weighted by molar-refractivity contribution is 5.95. The van der Waals surface area contributed by atoms with Gasteiger partial charge >= 0.3 is 0 Å². The van der Waals surface area contributed by atoms with Crippen molar-refractivity contribution in [3.8, 4) is 0 Å². The van der Waals surface area contributed by atoms with Crippen LogP contribution in [0.1, 0.15) is 36.6 Å². The van der Waals surface area contributed by atoms with Crippen molar-refractivity contribution in [3.05, 3.63) is 59.3 Å². The maximum absolute atomic E-state index is 12.4. The van der Waals surface area contributed by atoms with Gasteiger partial charge in [-0.3, -0.25) is 4.79 Å². The molecule has 0 saturated carbocycles. The number of amides is 1. The van der Waals surface area contributed by atoms with Crippen molar-refractivity contribution < 1.29 is 9.32 Å². The first kappa shape index (κ1) is 15.3. The molecule has 0 saturated heterocycles. The van der Waals surface area contributed by atoms with E-state index in [0.717, 1.165) is 22.2 Å². The predicted molar refractivity (Wildman–Crippen MR) is 91.6 cm³/mol. The number of carbonyl (C=O) groups is 1. The lowest BCUT2D eigenvalue weighted by atomic mass is 10.0. The molecular formula is C19H20N2O2. The van der Waals surface area contributed by atoms with Gasteiger partial charge in [0.05, 0.1) is 6.42 Å². The largest absolute Gasteiger partial charge is 0.356 e. The molecule has 0 unspecified atom stereocenters. The first-order valence-electron chi connectivity index (χ1n) is 7.78. The second kappa shape index (κ2) is 6.24. The molecule has 0 fully saturated rings. The third-order valence-electron chi connectivity index (χ3n) is 3.89. The Morgan fingerprint density at radius 1 is 1.22 bits per heavy atom. The lowest BCUT2D eigenvalue weighted by molar-refractivity contribution is -0.115. The van der Waals surface area contributed by atoms with Crippen LogP contribution in [0.25, 0.3) is 11.0 Å². The van der Waals surface area contributed by atoms with Crippen molar-refractivity contribution in [3.63, 3.8) is 0 Å². The number of anilines is 1. The lowest BCUT2D eigenvalue weighted by Crippen LogP contribution is -2.16. The van der Waals surface area contributed by atoms with Crippen LogP contribution in [-0.4, -0.2) is 11.1 Å². The Balaban J connectivity index is 1.81. The fraction of sp³-hybridized carbons (Fsp3) is 0.263. The summed E-state index contributed by atoms with van der Waals surface area (Å²) in [7, 11) is 0. The molecule has 0 aliphatic rings. The molecule has 0 aliphatic carbocycles. The summed E-state index contributed by atoms with van der Waals surface area (Å²) in [4.78, 5) is 12.4. The van der Waals surface area contributed by atoms with Crippen LogP contribution in [-0.2, 0) is 11.2 Å². The van der Waals surface area contributed by atoms with Crippen LogP contribution >= 0.6 is 0 Å². The predicted octanol–water partition coefficient (Wildman–Crippen LogP) is 4.44. The summed E-state index contributed by atoms with van der Waals surface area (Å²) in [6, 6.07) is 13.7. The minimum absolute atomic E-state index is 0.0881. The monoisotopic (exact) mass is 308 g/mol. The van der Waals surface area contributed by atoms with Crippen LogP contribution in [0, 0.1) is 6.92 Å². The summed E-state index contributed by atoms with van der Waals surface area (Å²) in [5.41, 5.74) is 4.48. The van der Waals surface area contributed by atoms with Gasteiger partial charge in [-0.25, -0.2) is 0 Å². The van der Waals surface area contributed by atoms with Gasteiger partial charge in [-0.15, -0.1) is 0 Å². The van der Waals surface area contributed by atoms with Gasteiger partial charge in [0.15, 0.2) is 5.58 Å². The van der Waals surface area contributed by atoms with E-state index in [9.17, 15) is 4.79 Å². The molecule has 118 valence electrons. The van der Waals surface area contributed by atoms with Crippen LogP contribution in [0.2, 0.25) is 0 Å². The van der Waals surface area contributed by atoms with E-state index in [0.29, 0.717) is 17.2 Å². The van der Waals surface area contributed by atoms with Crippen LogP contribution in [0.5, 0.6) is 0 Å². The topological polar surface area (TPSA) is 55.1 Å². The van der Waals surface area contributed by atoms with Crippen molar-refractivity contribution >= 4 is 22.6 Å². The van der Waals surface area contributed by atoms with E-state index in [1.54, 1.807) is 0 Å². The van der Waals surface area contributed by atoms with E-state index in [4.69, 9.17) is 4.52 Å². The number of hydrogen-bond acceptors (Lipinski definition) is 3. The second-order valence-corrected chi connectivity index (χ2v) is 6.10. The number of nitrogens with zero attached hydrogens (tertiary/aromatic N) is 1. The Bertz CT molecular complexity index is 849. The summed E-state index contributed by atoms with van der Waals surface area (Å²) in [6.45, 7) is 6.23. The van der Waals surface area contributed by atoms with Crippen LogP contribution < -0.4 is 5.32 Å². The number of para-hydroxylation sites is 1. The third-order valence-corrected chi connectivity index (χ3v) is 3.89. The average molecular weight is 308 g/mol. The van der Waals surface area contributed by atoms with Gasteiger partial charge in [-0.05, 0) is 36.6 Å². The minimum Gasteiger partial charge on any atom is -0.356 e. The summed E-state index contributed by atoms with van der Waals surface area (Å²) in [5, 5.41) is 7.93. The zero-order valence-electron chi connectivity index (χ0n) is 13.6. The Kier molecular flexibility index (Phi) is 4.15. The third kappa shape index (κ3) is 3.26. The van der Waals surface area contributed by atoms with Gasteiger partial charge in [-0.2, -0.15) is 0 Å². The molecule has 4 nitrogen and oxygen atoms in total. The molecule has 3 aromatic rings. The highest BCUT2D eigenvalue weighted by Crippen LogP contribution is 2.24. The van der Waals surface area contributed by atoms with E-state index in [1.165, 1.54) is 0 Å². The fourth-order valence-corrected chi connectivity index (χ4v) is 2.69. The molecule has 4 heteroatoms. The van der Waals surface area contributed by atoms with Gasteiger partial charge in [0.25, 0.3) is 0 Å². The van der Waals surface area contributed by atoms with Crippen molar-refractivity contribution in [2.45, 2.75) is 33.1 Å². The molecule has 0 radical (unpaired) electrons. The van der Waals surface area contributed by atoms with Crippen molar-refractivity contribution in [2.75, 3.05) is 5.32 Å². The first-order chi connectivity index (χ1) is 11.0. The lowest BCUT2D eigenvalue weighted by Gasteiger charge is -2.13. The van der Waals surface area contributed by atoms with E-state index in [2.05, 4.69) is 24.3 Å². The molecule has 0 atom stereocenters. The molecule has 1 amide bonds. The van der Waals surface area contributed by atoms with E-state index < -0.39 is 0 Å². The van der Waals surface area contributed by atoms with Gasteiger partial charge in [-0.1, -0.05) is 48.8 Å². The quantitative estimate of drug-likeness (QED) is 0.775. The SMILES string of the molecule is Cc1ccc2onc(CC(=O)Nc3ccccc3C(C)C)c2c1. The number of fused-ring (bicyclic) bond motifs is 1. The molecular weight excluding hydrogens is 288 g/mol. The maximum atomic E-state index is 12.4. The number of rotatable bonds is 4. The Labute approximate surface area is 135 Å². The number of carbonyl (C=O) groups excluding carboxylic acids is 1. The zero-order valence-corrected chi connectivity index (χ0v) is 13.6. The summed E-state index contributed by atoms with van der Waals surface area (Å²) in [5.74, 6) is 0.261. The average Bonchev–Trinajstić information content (AvgIpc) is 2.90. The fourth-order valence-electron chi connectivity index (χ4n) is 2.69. The number of aryl methyl sites for hydroxylation is 1. The Morgan fingerprint density at radius 3 is 2.78 bits per heavy atom. The molecule has 2 aromatic carbocycles. The molecule has 1 aromatic heterocycles. The smallest absolute Gasteiger partial charge is 0.230 e.